The summed E-state index contributed by atoms with van der Waals surface area (Å²) in [4.78, 5) is 19.7. The molecule has 0 saturated heterocycles. The number of hydrogen-bond donors (Lipinski definition) is 0. The van der Waals surface area contributed by atoms with Gasteiger partial charge in [0.25, 0.3) is 5.91 Å². The predicted octanol–water partition coefficient (Wildman–Crippen LogP) is 5.27. The van der Waals surface area contributed by atoms with Crippen LogP contribution in [0.1, 0.15) is 70.4 Å². The van der Waals surface area contributed by atoms with E-state index in [1.165, 1.54) is 19.3 Å². The van der Waals surface area contributed by atoms with E-state index in [1.807, 2.05) is 24.3 Å². The number of rotatable bonds is 3. The Balaban J connectivity index is 1.73. The predicted molar refractivity (Wildman–Crippen MR) is 117 cm³/mol. The fourth-order valence-corrected chi connectivity index (χ4v) is 4.50. The van der Waals surface area contributed by atoms with E-state index in [2.05, 4.69) is 41.1 Å². The Morgan fingerprint density at radius 1 is 1.07 bits per heavy atom. The molecule has 0 unspecified atom stereocenters. The first-order chi connectivity index (χ1) is 14.7. The first kappa shape index (κ1) is 20.1. The monoisotopic (exact) mass is 397 g/mol. The largest absolute Gasteiger partial charge is 0.331 e. The third kappa shape index (κ3) is 4.36. The number of aromatic nitrogens is 1. The molecule has 2 aromatic rings. The van der Waals surface area contributed by atoms with Crippen LogP contribution in [0.4, 0.5) is 0 Å². The van der Waals surface area contributed by atoms with Gasteiger partial charge in [-0.05, 0) is 60.6 Å². The zero-order valence-electron chi connectivity index (χ0n) is 17.5. The van der Waals surface area contributed by atoms with Crippen molar-refractivity contribution in [3.05, 3.63) is 88.2 Å². The Kier molecular flexibility index (Phi) is 6.09. The summed E-state index contributed by atoms with van der Waals surface area (Å²) in [5, 5.41) is 8.97. The van der Waals surface area contributed by atoms with Crippen LogP contribution >= 0.6 is 0 Å². The van der Waals surface area contributed by atoms with Crippen molar-refractivity contribution in [2.75, 3.05) is 0 Å². The molecule has 4 heteroatoms. The van der Waals surface area contributed by atoms with Gasteiger partial charge in [0.05, 0.1) is 0 Å². The second kappa shape index (κ2) is 9.09. The second-order valence-corrected chi connectivity index (χ2v) is 8.27. The van der Waals surface area contributed by atoms with Gasteiger partial charge < -0.3 is 4.90 Å². The highest BCUT2D eigenvalue weighted by atomic mass is 16.2. The maximum atomic E-state index is 13.4. The van der Waals surface area contributed by atoms with Crippen molar-refractivity contribution < 1.29 is 4.79 Å². The Bertz CT molecular complexity index is 1030. The fourth-order valence-electron chi connectivity index (χ4n) is 4.50. The molecule has 2 heterocycles. The minimum Gasteiger partial charge on any atom is -0.331 e. The number of fused-ring (bicyclic) bond motifs is 1. The van der Waals surface area contributed by atoms with Crippen molar-refractivity contribution in [3.8, 4) is 6.07 Å². The standard InChI is InChI=1S/C26H27N3O/c1-19-8-4-2-5-9-20(14-21-12-13-22(16-27)28-17-21)15-24-25(19)18-29(26(24)30)23-10-6-3-7-11-23/h2,4-5,8-9,12-13,15,17,23H,3,6-7,10-11,14,18H2,1H3. The van der Waals surface area contributed by atoms with Crippen LogP contribution < -0.4 is 0 Å². The molecule has 0 spiro atoms. The lowest BCUT2D eigenvalue weighted by Crippen LogP contribution is -2.36. The number of pyridine rings is 1. The van der Waals surface area contributed by atoms with Gasteiger partial charge in [0.2, 0.25) is 0 Å². The molecular formula is C26H27N3O. The van der Waals surface area contributed by atoms with Crippen LogP contribution in [0.2, 0.25) is 0 Å². The molecule has 152 valence electrons. The number of carbonyl (C=O) groups is 1. The molecule has 1 aliphatic carbocycles. The Labute approximate surface area is 178 Å². The van der Waals surface area contributed by atoms with E-state index in [9.17, 15) is 4.79 Å². The molecule has 1 aliphatic heterocycles. The van der Waals surface area contributed by atoms with Gasteiger partial charge in [-0.15, -0.1) is 0 Å². The van der Waals surface area contributed by atoms with Gasteiger partial charge in [0.1, 0.15) is 11.8 Å². The lowest BCUT2D eigenvalue weighted by atomic mass is 9.94. The van der Waals surface area contributed by atoms with Crippen LogP contribution in [-0.4, -0.2) is 21.8 Å². The Morgan fingerprint density at radius 3 is 2.60 bits per heavy atom. The van der Waals surface area contributed by atoms with Crippen molar-refractivity contribution in [2.45, 2.75) is 58.0 Å². The molecule has 2 aliphatic rings. The van der Waals surface area contributed by atoms with E-state index in [0.29, 0.717) is 24.7 Å². The average Bonchev–Trinajstić information content (AvgIpc) is 3.10. The van der Waals surface area contributed by atoms with E-state index < -0.39 is 0 Å². The van der Waals surface area contributed by atoms with Crippen LogP contribution in [-0.2, 0) is 13.0 Å². The van der Waals surface area contributed by atoms with Gasteiger partial charge in [-0.3, -0.25) is 4.79 Å². The first-order valence-electron chi connectivity index (χ1n) is 10.8. The SMILES string of the molecule is Cc1cccccc(Cc2ccc(C#N)nc2)cc2c1CN(C1CCCCC1)C2=O. The third-order valence-electron chi connectivity index (χ3n) is 6.19. The van der Waals surface area contributed by atoms with E-state index >= 15 is 0 Å². The van der Waals surface area contributed by atoms with Crippen LogP contribution in [0.3, 0.4) is 0 Å². The molecule has 1 aromatic heterocycles. The highest BCUT2D eigenvalue weighted by Crippen LogP contribution is 2.32. The highest BCUT2D eigenvalue weighted by Gasteiger charge is 2.33. The molecule has 0 bridgehead atoms. The normalized spacial score (nSPS) is 16.0. The summed E-state index contributed by atoms with van der Waals surface area (Å²) < 4.78 is 0. The van der Waals surface area contributed by atoms with E-state index in [-0.39, 0.29) is 5.91 Å². The highest BCUT2D eigenvalue weighted by molar-refractivity contribution is 5.98. The minimum absolute atomic E-state index is 0.165. The van der Waals surface area contributed by atoms with Crippen LogP contribution in [0.5, 0.6) is 0 Å². The van der Waals surface area contributed by atoms with Crippen molar-refractivity contribution >= 4 is 5.91 Å². The number of carbonyl (C=O) groups excluding carboxylic acids is 1. The van der Waals surface area contributed by atoms with Crippen LogP contribution in [0.25, 0.3) is 0 Å². The lowest BCUT2D eigenvalue weighted by molar-refractivity contribution is 0.0660. The van der Waals surface area contributed by atoms with Gasteiger partial charge in [0, 0.05) is 24.3 Å². The van der Waals surface area contributed by atoms with Gasteiger partial charge in [-0.2, -0.15) is 5.26 Å². The summed E-state index contributed by atoms with van der Waals surface area (Å²) in [6.07, 6.45) is 8.35. The maximum absolute atomic E-state index is 13.4. The number of nitriles is 1. The van der Waals surface area contributed by atoms with Crippen LogP contribution in [0.15, 0.2) is 54.7 Å². The zero-order chi connectivity index (χ0) is 20.9. The molecule has 1 fully saturated rings. The fraction of sp³-hybridized carbons (Fsp3) is 0.346. The van der Waals surface area contributed by atoms with Crippen molar-refractivity contribution in [2.24, 2.45) is 0 Å². The number of hydrogen-bond acceptors (Lipinski definition) is 3. The number of nitrogens with zero attached hydrogens (tertiary/aromatic N) is 3. The summed E-state index contributed by atoms with van der Waals surface area (Å²) in [5.74, 6) is 0.165. The smallest absolute Gasteiger partial charge is 0.254 e. The Hall–Kier alpha value is -3.19. The van der Waals surface area contributed by atoms with Crippen molar-refractivity contribution in [3.63, 3.8) is 0 Å². The van der Waals surface area contributed by atoms with Crippen molar-refractivity contribution in [1.29, 1.82) is 5.26 Å². The topological polar surface area (TPSA) is 57.0 Å². The summed E-state index contributed by atoms with van der Waals surface area (Å²) in [5.41, 5.74) is 5.62. The summed E-state index contributed by atoms with van der Waals surface area (Å²) in [6, 6.07) is 18.4. The first-order valence-corrected chi connectivity index (χ1v) is 10.8. The number of aryl methyl sites for hydroxylation is 1. The van der Waals surface area contributed by atoms with Gasteiger partial charge >= 0.3 is 0 Å². The molecule has 1 amide bonds. The van der Waals surface area contributed by atoms with Gasteiger partial charge in [-0.1, -0.05) is 55.7 Å². The molecule has 1 saturated carbocycles. The van der Waals surface area contributed by atoms with Crippen molar-refractivity contribution in [1.82, 2.24) is 9.88 Å². The second-order valence-electron chi connectivity index (χ2n) is 8.27. The molecule has 4 rings (SSSR count). The maximum Gasteiger partial charge on any atom is 0.254 e. The lowest BCUT2D eigenvalue weighted by Gasteiger charge is -2.31. The molecule has 0 atom stereocenters. The molecule has 1 aromatic carbocycles. The summed E-state index contributed by atoms with van der Waals surface area (Å²) >= 11 is 0. The molecular weight excluding hydrogens is 370 g/mol. The zero-order valence-corrected chi connectivity index (χ0v) is 17.5. The third-order valence-corrected chi connectivity index (χ3v) is 6.19. The summed E-state index contributed by atoms with van der Waals surface area (Å²) in [6.45, 7) is 2.81. The molecule has 0 radical (unpaired) electrons. The van der Waals surface area contributed by atoms with E-state index in [1.54, 1.807) is 12.3 Å². The van der Waals surface area contributed by atoms with Crippen LogP contribution in [0, 0.1) is 18.3 Å². The quantitative estimate of drug-likeness (QED) is 0.709. The molecule has 4 nitrogen and oxygen atoms in total. The molecule has 30 heavy (non-hydrogen) atoms. The number of amides is 1. The molecule has 0 N–H and O–H groups in total. The average molecular weight is 398 g/mol. The Morgan fingerprint density at radius 2 is 1.87 bits per heavy atom. The van der Waals surface area contributed by atoms with E-state index in [4.69, 9.17) is 5.26 Å². The summed E-state index contributed by atoms with van der Waals surface area (Å²) in [7, 11) is 0. The van der Waals surface area contributed by atoms with Gasteiger partial charge in [-0.25, -0.2) is 4.98 Å². The van der Waals surface area contributed by atoms with E-state index in [0.717, 1.165) is 40.7 Å². The minimum atomic E-state index is 0.165. The van der Waals surface area contributed by atoms with Gasteiger partial charge in [0.15, 0.2) is 0 Å².